The lowest BCUT2D eigenvalue weighted by Gasteiger charge is -2.07. The number of aryl methyl sites for hydroxylation is 2. The molecule has 0 spiro atoms. The highest BCUT2D eigenvalue weighted by molar-refractivity contribution is 9.10. The SMILES string of the molecule is COc1ccc(C)cc1-c1csc(NC(=O)c2oc(Br)cc2C)n1. The van der Waals surface area contributed by atoms with Gasteiger partial charge in [0.15, 0.2) is 15.6 Å². The van der Waals surface area contributed by atoms with Gasteiger partial charge in [-0.25, -0.2) is 4.98 Å². The van der Waals surface area contributed by atoms with E-state index in [0.29, 0.717) is 9.80 Å². The first-order valence-corrected chi connectivity index (χ1v) is 8.83. The molecule has 1 amide bonds. The summed E-state index contributed by atoms with van der Waals surface area (Å²) in [5.74, 6) is 0.691. The van der Waals surface area contributed by atoms with Gasteiger partial charge in [0.1, 0.15) is 5.75 Å². The van der Waals surface area contributed by atoms with E-state index in [1.54, 1.807) is 13.2 Å². The summed E-state index contributed by atoms with van der Waals surface area (Å²) < 4.78 is 11.3. The Morgan fingerprint density at radius 2 is 2.12 bits per heavy atom. The van der Waals surface area contributed by atoms with Crippen LogP contribution in [0.5, 0.6) is 5.75 Å². The number of thiazole rings is 1. The normalized spacial score (nSPS) is 10.7. The second-order valence-corrected chi connectivity index (χ2v) is 6.90. The molecule has 3 aromatic rings. The van der Waals surface area contributed by atoms with E-state index in [1.807, 2.05) is 37.4 Å². The van der Waals surface area contributed by atoms with Crippen molar-refractivity contribution in [3.8, 4) is 17.0 Å². The number of nitrogens with zero attached hydrogens (tertiary/aromatic N) is 1. The number of furan rings is 1. The van der Waals surface area contributed by atoms with Crippen LogP contribution in [-0.2, 0) is 0 Å². The molecule has 24 heavy (non-hydrogen) atoms. The highest BCUT2D eigenvalue weighted by Gasteiger charge is 2.17. The van der Waals surface area contributed by atoms with Gasteiger partial charge in [-0.1, -0.05) is 11.6 Å². The van der Waals surface area contributed by atoms with E-state index in [1.165, 1.54) is 11.3 Å². The smallest absolute Gasteiger partial charge is 0.293 e. The standard InChI is InChI=1S/C17H15BrN2O3S/c1-9-4-5-13(22-3)11(6-9)12-8-24-17(19-12)20-16(21)15-10(2)7-14(18)23-15/h4-8H,1-3H3,(H,19,20,21). The Bertz CT molecular complexity index is 901. The summed E-state index contributed by atoms with van der Waals surface area (Å²) in [6, 6.07) is 7.65. The van der Waals surface area contributed by atoms with Crippen molar-refractivity contribution in [3.63, 3.8) is 0 Å². The van der Waals surface area contributed by atoms with Crippen molar-refractivity contribution in [1.82, 2.24) is 4.98 Å². The maximum absolute atomic E-state index is 12.3. The Balaban J connectivity index is 1.85. The van der Waals surface area contributed by atoms with Crippen molar-refractivity contribution in [1.29, 1.82) is 0 Å². The molecule has 1 N–H and O–H groups in total. The zero-order valence-electron chi connectivity index (χ0n) is 13.3. The van der Waals surface area contributed by atoms with E-state index in [-0.39, 0.29) is 11.7 Å². The number of rotatable bonds is 4. The fourth-order valence-corrected chi connectivity index (χ4v) is 3.51. The quantitative estimate of drug-likeness (QED) is 0.658. The summed E-state index contributed by atoms with van der Waals surface area (Å²) >= 11 is 4.57. The molecule has 5 nitrogen and oxygen atoms in total. The number of halogens is 1. The molecule has 124 valence electrons. The maximum Gasteiger partial charge on any atom is 0.293 e. The number of nitrogens with one attached hydrogen (secondary N) is 1. The average molecular weight is 407 g/mol. The lowest BCUT2D eigenvalue weighted by atomic mass is 10.1. The molecule has 7 heteroatoms. The lowest BCUT2D eigenvalue weighted by Crippen LogP contribution is -2.11. The van der Waals surface area contributed by atoms with Gasteiger partial charge in [-0.2, -0.15) is 0 Å². The topological polar surface area (TPSA) is 64.4 Å². The molecule has 0 saturated carbocycles. The van der Waals surface area contributed by atoms with Gasteiger partial charge in [-0.3, -0.25) is 10.1 Å². The fraction of sp³-hybridized carbons (Fsp3) is 0.176. The van der Waals surface area contributed by atoms with Crippen LogP contribution in [0.4, 0.5) is 5.13 Å². The zero-order valence-corrected chi connectivity index (χ0v) is 15.7. The Kier molecular flexibility index (Phi) is 4.73. The minimum Gasteiger partial charge on any atom is -0.496 e. The van der Waals surface area contributed by atoms with Gasteiger partial charge in [0.25, 0.3) is 5.91 Å². The number of amides is 1. The van der Waals surface area contributed by atoms with Crippen LogP contribution in [-0.4, -0.2) is 18.0 Å². The van der Waals surface area contributed by atoms with Gasteiger partial charge < -0.3 is 9.15 Å². The van der Waals surface area contributed by atoms with Crippen LogP contribution < -0.4 is 10.1 Å². The second-order valence-electron chi connectivity index (χ2n) is 5.26. The number of methoxy groups -OCH3 is 1. The Morgan fingerprint density at radius 1 is 1.33 bits per heavy atom. The molecule has 0 bridgehead atoms. The van der Waals surface area contributed by atoms with Crippen LogP contribution in [0.15, 0.2) is 38.7 Å². The van der Waals surface area contributed by atoms with E-state index in [2.05, 4.69) is 26.2 Å². The molecule has 0 aliphatic rings. The third-order valence-corrected chi connectivity index (χ3v) is 4.60. The Labute approximate surface area is 151 Å². The van der Waals surface area contributed by atoms with Gasteiger partial charge in [0, 0.05) is 16.5 Å². The molecule has 0 atom stereocenters. The number of benzene rings is 1. The molecule has 0 aliphatic carbocycles. The van der Waals surface area contributed by atoms with Gasteiger partial charge >= 0.3 is 0 Å². The van der Waals surface area contributed by atoms with Crippen LogP contribution in [0.2, 0.25) is 0 Å². The number of anilines is 1. The highest BCUT2D eigenvalue weighted by Crippen LogP contribution is 2.33. The Hall–Kier alpha value is -2.12. The number of carbonyl (C=O) groups is 1. The molecule has 3 rings (SSSR count). The van der Waals surface area contributed by atoms with Crippen molar-refractivity contribution < 1.29 is 13.9 Å². The van der Waals surface area contributed by atoms with Crippen LogP contribution >= 0.6 is 27.3 Å². The van der Waals surface area contributed by atoms with Gasteiger partial charge in [-0.05, 0) is 48.0 Å². The van der Waals surface area contributed by atoms with Crippen molar-refractivity contribution in [2.75, 3.05) is 12.4 Å². The Morgan fingerprint density at radius 3 is 2.79 bits per heavy atom. The molecule has 2 heterocycles. The first kappa shape index (κ1) is 16.7. The van der Waals surface area contributed by atoms with Crippen molar-refractivity contribution in [3.05, 3.63) is 51.2 Å². The molecule has 0 unspecified atom stereocenters. The van der Waals surface area contributed by atoms with Crippen LogP contribution in [0.1, 0.15) is 21.7 Å². The lowest BCUT2D eigenvalue weighted by molar-refractivity contribution is 0.0994. The molecule has 0 aliphatic heterocycles. The van der Waals surface area contributed by atoms with Crippen LogP contribution in [0.3, 0.4) is 0 Å². The third-order valence-electron chi connectivity index (χ3n) is 3.45. The van der Waals surface area contributed by atoms with Crippen molar-refractivity contribution in [2.45, 2.75) is 13.8 Å². The number of carbonyl (C=O) groups excluding carboxylic acids is 1. The van der Waals surface area contributed by atoms with E-state index in [0.717, 1.165) is 28.1 Å². The molecule has 1 aromatic carbocycles. The van der Waals surface area contributed by atoms with Crippen molar-refractivity contribution in [2.24, 2.45) is 0 Å². The van der Waals surface area contributed by atoms with Crippen LogP contribution in [0, 0.1) is 13.8 Å². The second kappa shape index (κ2) is 6.78. The molecular weight excluding hydrogens is 392 g/mol. The average Bonchev–Trinajstić information content (AvgIpc) is 3.13. The maximum atomic E-state index is 12.3. The highest BCUT2D eigenvalue weighted by atomic mass is 79.9. The summed E-state index contributed by atoms with van der Waals surface area (Å²) in [4.78, 5) is 16.8. The number of hydrogen-bond donors (Lipinski definition) is 1. The van der Waals surface area contributed by atoms with E-state index in [4.69, 9.17) is 9.15 Å². The summed E-state index contributed by atoms with van der Waals surface area (Å²) in [6.07, 6.45) is 0. The predicted octanol–water partition coefficient (Wildman–Crippen LogP) is 5.04. The number of hydrogen-bond acceptors (Lipinski definition) is 5. The summed E-state index contributed by atoms with van der Waals surface area (Å²) in [7, 11) is 1.63. The van der Waals surface area contributed by atoms with Crippen molar-refractivity contribution >= 4 is 38.3 Å². The molecule has 2 aromatic heterocycles. The minimum atomic E-state index is -0.324. The number of aromatic nitrogens is 1. The fourth-order valence-electron chi connectivity index (χ4n) is 2.30. The molecule has 0 fully saturated rings. The summed E-state index contributed by atoms with van der Waals surface area (Å²) in [5.41, 5.74) is 3.52. The monoisotopic (exact) mass is 406 g/mol. The minimum absolute atomic E-state index is 0.270. The summed E-state index contributed by atoms with van der Waals surface area (Å²) in [6.45, 7) is 3.82. The first-order chi connectivity index (χ1) is 11.5. The molecular formula is C17H15BrN2O3S. The van der Waals surface area contributed by atoms with Gasteiger partial charge in [-0.15, -0.1) is 11.3 Å². The first-order valence-electron chi connectivity index (χ1n) is 7.15. The van der Waals surface area contributed by atoms with Crippen LogP contribution in [0.25, 0.3) is 11.3 Å². The zero-order chi connectivity index (χ0) is 17.3. The summed E-state index contributed by atoms with van der Waals surface area (Å²) in [5, 5.41) is 5.16. The van der Waals surface area contributed by atoms with E-state index >= 15 is 0 Å². The third kappa shape index (κ3) is 3.37. The molecule has 0 saturated heterocycles. The van der Waals surface area contributed by atoms with E-state index < -0.39 is 0 Å². The largest absolute Gasteiger partial charge is 0.496 e. The predicted molar refractivity (Wildman–Crippen MR) is 97.9 cm³/mol. The number of ether oxygens (including phenoxy) is 1. The van der Waals surface area contributed by atoms with Gasteiger partial charge in [0.2, 0.25) is 0 Å². The van der Waals surface area contributed by atoms with E-state index in [9.17, 15) is 4.79 Å². The van der Waals surface area contributed by atoms with Gasteiger partial charge in [0.05, 0.1) is 12.8 Å². The molecule has 0 radical (unpaired) electrons.